The van der Waals surface area contributed by atoms with E-state index >= 15 is 0 Å². The van der Waals surface area contributed by atoms with Crippen LogP contribution in [0, 0.1) is 5.82 Å². The second-order valence-electron chi connectivity index (χ2n) is 3.83. The summed E-state index contributed by atoms with van der Waals surface area (Å²) in [7, 11) is -7.97. The van der Waals surface area contributed by atoms with Crippen molar-refractivity contribution >= 4 is 19.9 Å². The molecule has 0 amide bonds. The van der Waals surface area contributed by atoms with Crippen molar-refractivity contribution in [3.05, 3.63) is 24.0 Å². The average molecular weight is 335 g/mol. The number of hydrogen-bond acceptors (Lipinski definition) is 4. The van der Waals surface area contributed by atoms with Crippen molar-refractivity contribution in [2.45, 2.75) is 15.3 Å². The van der Waals surface area contributed by atoms with Crippen molar-refractivity contribution in [3.8, 4) is 0 Å². The molecule has 0 atom stereocenters. The fraction of sp³-hybridized carbons (Fsp3) is 0.333. The lowest BCUT2D eigenvalue weighted by atomic mass is 10.3. The van der Waals surface area contributed by atoms with Gasteiger partial charge in [-0.25, -0.2) is 25.5 Å². The lowest BCUT2D eigenvalue weighted by Gasteiger charge is -2.13. The van der Waals surface area contributed by atoms with Crippen molar-refractivity contribution in [2.75, 3.05) is 14.1 Å². The Morgan fingerprint density at radius 1 is 1.05 bits per heavy atom. The van der Waals surface area contributed by atoms with Gasteiger partial charge in [0.05, 0.1) is 4.90 Å². The maximum absolute atomic E-state index is 13.3. The van der Waals surface area contributed by atoms with Gasteiger partial charge in [-0.3, -0.25) is 0 Å². The van der Waals surface area contributed by atoms with E-state index in [2.05, 4.69) is 0 Å². The zero-order valence-electron chi connectivity index (χ0n) is 10.1. The van der Waals surface area contributed by atoms with Gasteiger partial charge in [0.2, 0.25) is 10.0 Å². The van der Waals surface area contributed by atoms with Gasteiger partial charge in [0.1, 0.15) is 10.7 Å². The Labute approximate surface area is 112 Å². The standard InChI is InChI=1S/C9H9F4NO4S2/c1-14(2)20(17,18)6-3-4-7(10)8(5-6)19(15,16)9(11,12)13/h3-5H,1-2H3. The Kier molecular flexibility index (Phi) is 4.19. The third-order valence-electron chi connectivity index (χ3n) is 2.28. The minimum Gasteiger partial charge on any atom is -0.214 e. The normalized spacial score (nSPS) is 13.8. The molecule has 0 radical (unpaired) electrons. The molecule has 0 heterocycles. The molecule has 0 fully saturated rings. The quantitative estimate of drug-likeness (QED) is 0.782. The molecule has 1 rings (SSSR count). The van der Waals surface area contributed by atoms with Gasteiger partial charge in [-0.15, -0.1) is 0 Å². The first-order valence-corrected chi connectivity index (χ1v) is 7.77. The van der Waals surface area contributed by atoms with Gasteiger partial charge in [0, 0.05) is 14.1 Å². The van der Waals surface area contributed by atoms with Crippen LogP contribution in [-0.4, -0.2) is 40.7 Å². The zero-order chi connectivity index (χ0) is 15.9. The highest BCUT2D eigenvalue weighted by atomic mass is 32.2. The number of halogens is 4. The maximum atomic E-state index is 13.3. The third-order valence-corrected chi connectivity index (χ3v) is 5.59. The van der Waals surface area contributed by atoms with Crippen molar-refractivity contribution < 1.29 is 34.4 Å². The monoisotopic (exact) mass is 335 g/mol. The van der Waals surface area contributed by atoms with E-state index in [0.29, 0.717) is 16.4 Å². The summed E-state index contributed by atoms with van der Waals surface area (Å²) in [6, 6.07) is 1.18. The molecule has 0 aromatic heterocycles. The van der Waals surface area contributed by atoms with Crippen LogP contribution < -0.4 is 0 Å². The Morgan fingerprint density at radius 2 is 1.55 bits per heavy atom. The predicted molar refractivity (Wildman–Crippen MR) is 60.5 cm³/mol. The molecule has 0 spiro atoms. The van der Waals surface area contributed by atoms with Gasteiger partial charge in [-0.1, -0.05) is 0 Å². The van der Waals surface area contributed by atoms with E-state index in [1.54, 1.807) is 0 Å². The van der Waals surface area contributed by atoms with Crippen LogP contribution in [0.1, 0.15) is 0 Å². The summed E-state index contributed by atoms with van der Waals surface area (Å²) < 4.78 is 96.8. The molecule has 0 unspecified atom stereocenters. The molecule has 0 saturated heterocycles. The molecule has 5 nitrogen and oxygen atoms in total. The molecular weight excluding hydrogens is 326 g/mol. The van der Waals surface area contributed by atoms with Crippen LogP contribution in [0.2, 0.25) is 0 Å². The molecule has 1 aromatic carbocycles. The smallest absolute Gasteiger partial charge is 0.214 e. The first-order valence-electron chi connectivity index (χ1n) is 4.85. The third kappa shape index (κ3) is 2.79. The van der Waals surface area contributed by atoms with E-state index in [0.717, 1.165) is 14.1 Å². The lowest BCUT2D eigenvalue weighted by Crippen LogP contribution is -2.26. The van der Waals surface area contributed by atoms with Gasteiger partial charge in [0.25, 0.3) is 9.84 Å². The van der Waals surface area contributed by atoms with Crippen LogP contribution >= 0.6 is 0 Å². The molecule has 0 bridgehead atoms. The number of benzene rings is 1. The summed E-state index contributed by atoms with van der Waals surface area (Å²) in [5, 5.41) is 0. The number of rotatable bonds is 3. The van der Waals surface area contributed by atoms with Crippen LogP contribution in [0.25, 0.3) is 0 Å². The number of nitrogens with zero attached hydrogens (tertiary/aromatic N) is 1. The largest absolute Gasteiger partial charge is 0.502 e. The number of hydrogen-bond donors (Lipinski definition) is 0. The molecule has 0 aliphatic rings. The van der Waals surface area contributed by atoms with Crippen LogP contribution in [0.3, 0.4) is 0 Å². The van der Waals surface area contributed by atoms with E-state index < -0.39 is 41.0 Å². The van der Waals surface area contributed by atoms with E-state index in [1.165, 1.54) is 0 Å². The fourth-order valence-electron chi connectivity index (χ4n) is 1.19. The molecular formula is C9H9F4NO4S2. The van der Waals surface area contributed by atoms with Crippen LogP contribution in [-0.2, 0) is 19.9 Å². The van der Waals surface area contributed by atoms with Crippen LogP contribution in [0.15, 0.2) is 28.0 Å². The van der Waals surface area contributed by atoms with Gasteiger partial charge in [-0.2, -0.15) is 13.2 Å². The molecule has 0 aliphatic heterocycles. The highest BCUT2D eigenvalue weighted by Crippen LogP contribution is 2.33. The first-order chi connectivity index (χ1) is 8.81. The SMILES string of the molecule is CN(C)S(=O)(=O)c1ccc(F)c(S(=O)(=O)C(F)(F)F)c1. The topological polar surface area (TPSA) is 71.5 Å². The van der Waals surface area contributed by atoms with E-state index in [1.807, 2.05) is 0 Å². The summed E-state index contributed by atoms with van der Waals surface area (Å²) in [4.78, 5) is -2.49. The van der Waals surface area contributed by atoms with Crippen LogP contribution in [0.5, 0.6) is 0 Å². The molecule has 11 heteroatoms. The Morgan fingerprint density at radius 3 is 1.95 bits per heavy atom. The minimum atomic E-state index is -5.97. The molecule has 0 N–H and O–H groups in total. The Balaban J connectivity index is 3.62. The second kappa shape index (κ2) is 4.97. The lowest BCUT2D eigenvalue weighted by molar-refractivity contribution is -0.0437. The fourth-order valence-corrected chi connectivity index (χ4v) is 3.04. The zero-order valence-corrected chi connectivity index (χ0v) is 11.8. The highest BCUT2D eigenvalue weighted by molar-refractivity contribution is 7.92. The molecule has 0 aliphatic carbocycles. The average Bonchev–Trinajstić information content (AvgIpc) is 2.27. The van der Waals surface area contributed by atoms with E-state index in [4.69, 9.17) is 0 Å². The molecule has 20 heavy (non-hydrogen) atoms. The Bertz CT molecular complexity index is 723. The highest BCUT2D eigenvalue weighted by Gasteiger charge is 2.48. The van der Waals surface area contributed by atoms with E-state index in [9.17, 15) is 34.4 Å². The number of sulfonamides is 1. The summed E-state index contributed by atoms with van der Waals surface area (Å²) in [6.45, 7) is 0. The predicted octanol–water partition coefficient (Wildman–Crippen LogP) is 1.37. The second-order valence-corrected chi connectivity index (χ2v) is 7.89. The van der Waals surface area contributed by atoms with Crippen molar-refractivity contribution in [1.82, 2.24) is 4.31 Å². The summed E-state index contributed by atoms with van der Waals surface area (Å²) in [6.07, 6.45) is 0. The Hall–Kier alpha value is -1.20. The number of alkyl halides is 3. The van der Waals surface area contributed by atoms with Gasteiger partial charge < -0.3 is 0 Å². The van der Waals surface area contributed by atoms with Gasteiger partial charge in [0.15, 0.2) is 0 Å². The molecule has 1 aromatic rings. The first kappa shape index (κ1) is 16.9. The summed E-state index contributed by atoms with van der Waals surface area (Å²) in [5.41, 5.74) is -5.73. The summed E-state index contributed by atoms with van der Waals surface area (Å²) in [5.74, 6) is -1.68. The summed E-state index contributed by atoms with van der Waals surface area (Å²) >= 11 is 0. The minimum absolute atomic E-state index is 0.146. The van der Waals surface area contributed by atoms with Crippen molar-refractivity contribution in [2.24, 2.45) is 0 Å². The van der Waals surface area contributed by atoms with Gasteiger partial charge in [-0.05, 0) is 18.2 Å². The maximum Gasteiger partial charge on any atom is 0.502 e. The number of sulfone groups is 1. The van der Waals surface area contributed by atoms with E-state index in [-0.39, 0.29) is 6.07 Å². The van der Waals surface area contributed by atoms with Crippen molar-refractivity contribution in [1.29, 1.82) is 0 Å². The van der Waals surface area contributed by atoms with Crippen molar-refractivity contribution in [3.63, 3.8) is 0 Å². The molecule has 114 valence electrons. The van der Waals surface area contributed by atoms with Crippen LogP contribution in [0.4, 0.5) is 17.6 Å². The molecule has 0 saturated carbocycles. The van der Waals surface area contributed by atoms with Gasteiger partial charge >= 0.3 is 5.51 Å².